The molecule has 6 heteroatoms. The monoisotopic (exact) mass is 344 g/mol. The molecule has 0 bridgehead atoms. The zero-order chi connectivity index (χ0) is 19.6. The van der Waals surface area contributed by atoms with Gasteiger partial charge in [-0.2, -0.15) is 0 Å². The molecular weight excluding hydrogens is 312 g/mol. The average molecular weight is 344 g/mol. The minimum atomic E-state index is -0.624. The van der Waals surface area contributed by atoms with Crippen LogP contribution in [0.4, 0.5) is 0 Å². The molecule has 0 unspecified atom stereocenters. The summed E-state index contributed by atoms with van der Waals surface area (Å²) in [4.78, 5) is 43.9. The van der Waals surface area contributed by atoms with Crippen molar-refractivity contribution < 1.29 is 28.7 Å². The fourth-order valence-corrected chi connectivity index (χ4v) is 1.03. The largest absolute Gasteiger partial charge is 0.393 e. The van der Waals surface area contributed by atoms with Crippen molar-refractivity contribution in [2.45, 2.75) is 81.1 Å². The second-order valence-electron chi connectivity index (χ2n) is 7.52. The Labute approximate surface area is 145 Å². The van der Waals surface area contributed by atoms with Gasteiger partial charge in [0.25, 0.3) is 0 Å². The Hall–Kier alpha value is -1.72. The highest BCUT2D eigenvalue weighted by atomic mass is 16.6. The summed E-state index contributed by atoms with van der Waals surface area (Å²) in [6.07, 6.45) is 2.10. The lowest BCUT2D eigenvalue weighted by atomic mass is 9.95. The second-order valence-corrected chi connectivity index (χ2v) is 7.52. The van der Waals surface area contributed by atoms with E-state index in [1.807, 2.05) is 13.8 Å². The quantitative estimate of drug-likeness (QED) is 0.569. The Morgan fingerprint density at radius 3 is 1.12 bits per heavy atom. The van der Waals surface area contributed by atoms with E-state index in [0.29, 0.717) is 12.8 Å². The first kappa shape index (κ1) is 24.5. The Kier molecular flexibility index (Phi) is 11.2. The van der Waals surface area contributed by atoms with Gasteiger partial charge < -0.3 is 9.47 Å². The molecule has 6 nitrogen and oxygen atoms in total. The van der Waals surface area contributed by atoms with Crippen LogP contribution in [0.15, 0.2) is 0 Å². The first-order chi connectivity index (χ1) is 10.8. The van der Waals surface area contributed by atoms with Crippen molar-refractivity contribution in [3.63, 3.8) is 0 Å². The number of esters is 4. The number of rotatable bonds is 4. The summed E-state index contributed by atoms with van der Waals surface area (Å²) in [6.45, 7) is 14.0. The maximum Gasteiger partial charge on any atom is 0.318 e. The van der Waals surface area contributed by atoms with E-state index < -0.39 is 34.7 Å². The van der Waals surface area contributed by atoms with Crippen molar-refractivity contribution in [3.05, 3.63) is 0 Å². The molecule has 0 aliphatic heterocycles. The lowest BCUT2D eigenvalue weighted by Gasteiger charge is -2.20. The minimum absolute atomic E-state index is 0.329. The van der Waals surface area contributed by atoms with E-state index in [1.165, 1.54) is 0 Å². The maximum atomic E-state index is 11.3. The lowest BCUT2D eigenvalue weighted by molar-refractivity contribution is -0.171. The molecule has 0 spiro atoms. The van der Waals surface area contributed by atoms with E-state index in [0.717, 1.165) is 12.8 Å². The summed E-state index contributed by atoms with van der Waals surface area (Å²) in [7, 11) is 0. The van der Waals surface area contributed by atoms with E-state index >= 15 is 0 Å². The standard InChI is InChI=1S/C10H18O3.C8H14O3/c1-9(2,3)7(11)13-8(12)10(4,5)6;1-3-5-7(9)11-8(10)6-4-2/h1-6H3;3-6H2,1-2H3. The Balaban J connectivity index is 0. The molecule has 0 aromatic heterocycles. The molecule has 0 amide bonds. The molecule has 140 valence electrons. The average Bonchev–Trinajstić information content (AvgIpc) is 2.37. The molecule has 0 N–H and O–H groups in total. The lowest BCUT2D eigenvalue weighted by Crippen LogP contribution is -2.31. The van der Waals surface area contributed by atoms with E-state index in [9.17, 15) is 19.2 Å². The van der Waals surface area contributed by atoms with Crippen molar-refractivity contribution in [1.29, 1.82) is 0 Å². The molecule has 0 saturated heterocycles. The number of hydrogen-bond acceptors (Lipinski definition) is 6. The van der Waals surface area contributed by atoms with Crippen molar-refractivity contribution in [2.24, 2.45) is 10.8 Å². The number of carbonyl (C=O) groups excluding carboxylic acids is 4. The van der Waals surface area contributed by atoms with Gasteiger partial charge in [-0.3, -0.25) is 19.2 Å². The van der Waals surface area contributed by atoms with E-state index in [-0.39, 0.29) is 0 Å². The second kappa shape index (κ2) is 10.9. The van der Waals surface area contributed by atoms with Crippen molar-refractivity contribution in [1.82, 2.24) is 0 Å². The van der Waals surface area contributed by atoms with Gasteiger partial charge in [0.15, 0.2) is 0 Å². The summed E-state index contributed by atoms with van der Waals surface area (Å²) >= 11 is 0. The molecule has 0 aliphatic rings. The minimum Gasteiger partial charge on any atom is -0.393 e. The Morgan fingerprint density at radius 2 is 0.917 bits per heavy atom. The van der Waals surface area contributed by atoms with Gasteiger partial charge in [-0.15, -0.1) is 0 Å². The van der Waals surface area contributed by atoms with Crippen molar-refractivity contribution >= 4 is 23.9 Å². The van der Waals surface area contributed by atoms with Crippen LogP contribution in [0.2, 0.25) is 0 Å². The third-order valence-corrected chi connectivity index (χ3v) is 2.55. The molecule has 0 aromatic carbocycles. The number of carbonyl (C=O) groups is 4. The van der Waals surface area contributed by atoms with Crippen LogP contribution in [0, 0.1) is 10.8 Å². The summed E-state index contributed by atoms with van der Waals surface area (Å²) in [5.74, 6) is -1.78. The van der Waals surface area contributed by atoms with Gasteiger partial charge in [-0.25, -0.2) is 0 Å². The van der Waals surface area contributed by atoms with E-state index in [4.69, 9.17) is 4.74 Å². The summed E-state index contributed by atoms with van der Waals surface area (Å²) in [5.41, 5.74) is -1.25. The van der Waals surface area contributed by atoms with Crippen LogP contribution in [0.1, 0.15) is 81.1 Å². The molecule has 0 atom stereocenters. The predicted octanol–water partition coefficient (Wildman–Crippen LogP) is 3.80. The van der Waals surface area contributed by atoms with Crippen molar-refractivity contribution in [2.75, 3.05) is 0 Å². The predicted molar refractivity (Wildman–Crippen MR) is 90.9 cm³/mol. The topological polar surface area (TPSA) is 86.7 Å². The normalized spacial score (nSPS) is 11.0. The fourth-order valence-electron chi connectivity index (χ4n) is 1.03. The van der Waals surface area contributed by atoms with Crippen LogP contribution in [0.25, 0.3) is 0 Å². The summed E-state index contributed by atoms with van der Waals surface area (Å²) in [5, 5.41) is 0. The van der Waals surface area contributed by atoms with Crippen LogP contribution in [0.5, 0.6) is 0 Å². The van der Waals surface area contributed by atoms with Gasteiger partial charge in [0, 0.05) is 12.8 Å². The third kappa shape index (κ3) is 12.8. The van der Waals surface area contributed by atoms with Gasteiger partial charge in [-0.1, -0.05) is 13.8 Å². The van der Waals surface area contributed by atoms with Gasteiger partial charge in [0.05, 0.1) is 10.8 Å². The van der Waals surface area contributed by atoms with Crippen LogP contribution < -0.4 is 0 Å². The Bertz CT molecular complexity index is 397. The smallest absolute Gasteiger partial charge is 0.318 e. The van der Waals surface area contributed by atoms with Gasteiger partial charge >= 0.3 is 23.9 Å². The Morgan fingerprint density at radius 1 is 0.625 bits per heavy atom. The third-order valence-electron chi connectivity index (χ3n) is 2.55. The summed E-state index contributed by atoms with van der Waals surface area (Å²) in [6, 6.07) is 0. The molecule has 0 saturated carbocycles. The van der Waals surface area contributed by atoms with Crippen molar-refractivity contribution in [3.8, 4) is 0 Å². The first-order valence-corrected chi connectivity index (χ1v) is 8.25. The number of hydrogen-bond donors (Lipinski definition) is 0. The molecule has 0 fully saturated rings. The molecule has 0 aliphatic carbocycles. The highest BCUT2D eigenvalue weighted by Crippen LogP contribution is 2.20. The maximum absolute atomic E-state index is 11.3. The van der Waals surface area contributed by atoms with Gasteiger partial charge in [0.1, 0.15) is 0 Å². The molecule has 24 heavy (non-hydrogen) atoms. The first-order valence-electron chi connectivity index (χ1n) is 8.25. The molecular formula is C18H32O6. The molecule has 0 aromatic rings. The SMILES string of the molecule is CC(C)(C)C(=O)OC(=O)C(C)(C)C.CCCC(=O)OC(=O)CCC. The molecule has 0 heterocycles. The van der Waals surface area contributed by atoms with E-state index in [2.05, 4.69) is 4.74 Å². The van der Waals surface area contributed by atoms with Crippen LogP contribution >= 0.6 is 0 Å². The van der Waals surface area contributed by atoms with Gasteiger partial charge in [0.2, 0.25) is 0 Å². The zero-order valence-corrected chi connectivity index (χ0v) is 16.3. The molecule has 0 radical (unpaired) electrons. The zero-order valence-electron chi connectivity index (χ0n) is 16.3. The van der Waals surface area contributed by atoms with Crippen LogP contribution in [-0.2, 0) is 28.7 Å². The van der Waals surface area contributed by atoms with E-state index in [1.54, 1.807) is 41.5 Å². The summed E-state index contributed by atoms with van der Waals surface area (Å²) < 4.78 is 9.15. The highest BCUT2D eigenvalue weighted by Gasteiger charge is 2.31. The number of ether oxygens (including phenoxy) is 2. The highest BCUT2D eigenvalue weighted by molar-refractivity contribution is 5.90. The fraction of sp³-hybridized carbons (Fsp3) is 0.778. The van der Waals surface area contributed by atoms with Crippen LogP contribution in [-0.4, -0.2) is 23.9 Å². The van der Waals surface area contributed by atoms with Crippen LogP contribution in [0.3, 0.4) is 0 Å². The van der Waals surface area contributed by atoms with Gasteiger partial charge in [-0.05, 0) is 54.4 Å². The molecule has 0 rings (SSSR count).